The predicted octanol–water partition coefficient (Wildman–Crippen LogP) is 6.23. The zero-order valence-corrected chi connectivity index (χ0v) is 22.6. The number of aryl methyl sites for hydroxylation is 1. The largest absolute Gasteiger partial charge is 0.494 e. The van der Waals surface area contributed by atoms with Gasteiger partial charge in [-0.25, -0.2) is 5.01 Å². The Hall–Kier alpha value is -3.62. The summed E-state index contributed by atoms with van der Waals surface area (Å²) in [6, 6.07) is 22.8. The maximum atomic E-state index is 12.8. The van der Waals surface area contributed by atoms with Gasteiger partial charge < -0.3 is 10.1 Å². The minimum Gasteiger partial charge on any atom is -0.494 e. The first-order chi connectivity index (χ1) is 18.4. The summed E-state index contributed by atoms with van der Waals surface area (Å²) >= 11 is 7.57. The maximum Gasteiger partial charge on any atom is 0.262 e. The fourth-order valence-corrected chi connectivity index (χ4v) is 5.63. The summed E-state index contributed by atoms with van der Waals surface area (Å²) in [6.07, 6.45) is 0.647. The summed E-state index contributed by atoms with van der Waals surface area (Å²) in [5.74, 6) is 0.138. The molecule has 0 aliphatic carbocycles. The molecule has 194 valence electrons. The third-order valence-electron chi connectivity index (χ3n) is 6.27. The number of hydrogen-bond donors (Lipinski definition) is 1. The minimum absolute atomic E-state index is 0.00785. The van der Waals surface area contributed by atoms with E-state index in [1.165, 1.54) is 17.3 Å². The number of nitrogens with zero attached hydrogens (tertiary/aromatic N) is 3. The summed E-state index contributed by atoms with van der Waals surface area (Å²) in [4.78, 5) is 29.9. The average Bonchev–Trinajstić information content (AvgIpc) is 3.50. The number of benzene rings is 3. The van der Waals surface area contributed by atoms with Gasteiger partial charge >= 0.3 is 0 Å². The van der Waals surface area contributed by atoms with E-state index in [0.717, 1.165) is 22.6 Å². The highest BCUT2D eigenvalue weighted by molar-refractivity contribution is 8.15. The van der Waals surface area contributed by atoms with Crippen LogP contribution in [0.15, 0.2) is 82.9 Å². The molecule has 7 nitrogen and oxygen atoms in total. The van der Waals surface area contributed by atoms with Crippen molar-refractivity contribution >= 4 is 51.7 Å². The van der Waals surface area contributed by atoms with Crippen molar-refractivity contribution in [3.63, 3.8) is 0 Å². The molecular formula is C29H27ClN4O3S. The quantitative estimate of drug-likeness (QED) is 0.380. The number of carbonyl (C=O) groups excluding carboxylic acids is 2. The van der Waals surface area contributed by atoms with Crippen LogP contribution in [-0.2, 0) is 9.59 Å². The number of halogens is 1. The van der Waals surface area contributed by atoms with Gasteiger partial charge in [-0.15, -0.1) is 0 Å². The van der Waals surface area contributed by atoms with E-state index >= 15 is 0 Å². The first-order valence-electron chi connectivity index (χ1n) is 12.4. The number of amidine groups is 1. The molecule has 0 fully saturated rings. The molecule has 9 heteroatoms. The van der Waals surface area contributed by atoms with Crippen LogP contribution in [0.2, 0.25) is 5.02 Å². The van der Waals surface area contributed by atoms with Crippen LogP contribution in [0.4, 0.5) is 5.69 Å². The smallest absolute Gasteiger partial charge is 0.262 e. The number of amides is 2. The molecule has 2 aliphatic rings. The molecule has 0 spiro atoms. The molecule has 1 N–H and O–H groups in total. The van der Waals surface area contributed by atoms with Crippen molar-refractivity contribution < 1.29 is 14.3 Å². The molecule has 0 aromatic heterocycles. The van der Waals surface area contributed by atoms with E-state index in [1.807, 2.05) is 38.1 Å². The second-order valence-electron chi connectivity index (χ2n) is 9.08. The van der Waals surface area contributed by atoms with Crippen molar-refractivity contribution in [2.24, 2.45) is 10.1 Å². The van der Waals surface area contributed by atoms with Gasteiger partial charge in [0.25, 0.3) is 5.91 Å². The van der Waals surface area contributed by atoms with Crippen molar-refractivity contribution in [1.29, 1.82) is 0 Å². The summed E-state index contributed by atoms with van der Waals surface area (Å²) in [5, 5.41) is 10.0. The van der Waals surface area contributed by atoms with Crippen LogP contribution in [0.25, 0.3) is 0 Å². The van der Waals surface area contributed by atoms with Gasteiger partial charge in [-0.1, -0.05) is 65.3 Å². The topological polar surface area (TPSA) is 83.4 Å². The molecule has 2 atom stereocenters. The van der Waals surface area contributed by atoms with E-state index in [9.17, 15) is 9.59 Å². The van der Waals surface area contributed by atoms with E-state index in [2.05, 4.69) is 34.6 Å². The lowest BCUT2D eigenvalue weighted by atomic mass is 9.98. The summed E-state index contributed by atoms with van der Waals surface area (Å²) in [5.41, 5.74) is 4.72. The Kier molecular flexibility index (Phi) is 7.81. The molecule has 0 bridgehead atoms. The predicted molar refractivity (Wildman–Crippen MR) is 153 cm³/mol. The third-order valence-corrected chi connectivity index (χ3v) is 7.65. The lowest BCUT2D eigenvalue weighted by Gasteiger charge is -2.23. The lowest BCUT2D eigenvalue weighted by Crippen LogP contribution is -2.25. The highest BCUT2D eigenvalue weighted by atomic mass is 35.5. The van der Waals surface area contributed by atoms with Crippen LogP contribution in [0.1, 0.15) is 42.5 Å². The lowest BCUT2D eigenvalue weighted by molar-refractivity contribution is -0.121. The number of hydrazone groups is 1. The zero-order chi connectivity index (χ0) is 26.6. The SMILES string of the molecule is CCOc1ccc(NC(=O)C[C@@H]2SC(N3N=C(c4ccc(C)cc4)C[C@@H]3c3cccc(Cl)c3)=NC2=O)cc1. The molecule has 3 aromatic rings. The van der Waals surface area contributed by atoms with E-state index < -0.39 is 5.25 Å². The van der Waals surface area contributed by atoms with Gasteiger partial charge in [0.2, 0.25) is 5.91 Å². The molecule has 0 saturated heterocycles. The van der Waals surface area contributed by atoms with Gasteiger partial charge in [0.15, 0.2) is 5.17 Å². The normalized spacial score (nSPS) is 18.8. The van der Waals surface area contributed by atoms with Crippen LogP contribution in [0, 0.1) is 6.92 Å². The van der Waals surface area contributed by atoms with Crippen molar-refractivity contribution in [3.05, 3.63) is 94.5 Å². The molecule has 3 aromatic carbocycles. The van der Waals surface area contributed by atoms with E-state index in [0.29, 0.717) is 28.9 Å². The van der Waals surface area contributed by atoms with Crippen LogP contribution < -0.4 is 10.1 Å². The Bertz CT molecular complexity index is 1410. The molecule has 2 amide bonds. The van der Waals surface area contributed by atoms with E-state index in [4.69, 9.17) is 21.4 Å². The Balaban J connectivity index is 1.31. The Labute approximate surface area is 230 Å². The van der Waals surface area contributed by atoms with Gasteiger partial charge in [0.1, 0.15) is 11.0 Å². The average molecular weight is 547 g/mol. The second kappa shape index (κ2) is 11.4. The molecule has 0 unspecified atom stereocenters. The van der Waals surface area contributed by atoms with Gasteiger partial charge in [0, 0.05) is 23.6 Å². The molecule has 2 aliphatic heterocycles. The number of thioether (sulfide) groups is 1. The van der Waals surface area contributed by atoms with Gasteiger partial charge in [-0.05, 0) is 61.4 Å². The van der Waals surface area contributed by atoms with Crippen LogP contribution in [0.5, 0.6) is 5.75 Å². The zero-order valence-electron chi connectivity index (χ0n) is 21.1. The van der Waals surface area contributed by atoms with Crippen LogP contribution in [0.3, 0.4) is 0 Å². The Morgan fingerprint density at radius 2 is 1.89 bits per heavy atom. The number of hydrogen-bond acceptors (Lipinski definition) is 6. The fourth-order valence-electron chi connectivity index (χ4n) is 4.37. The van der Waals surface area contributed by atoms with Gasteiger partial charge in [-0.3, -0.25) is 9.59 Å². The summed E-state index contributed by atoms with van der Waals surface area (Å²) in [7, 11) is 0. The van der Waals surface area contributed by atoms with Crippen LogP contribution in [-0.4, -0.2) is 39.6 Å². The molecule has 0 saturated carbocycles. The first-order valence-corrected chi connectivity index (χ1v) is 13.7. The number of aliphatic imine (C=N–C) groups is 1. The molecule has 0 radical (unpaired) electrons. The highest BCUT2D eigenvalue weighted by Crippen LogP contribution is 2.39. The summed E-state index contributed by atoms with van der Waals surface area (Å²) in [6.45, 7) is 4.53. The molecular weight excluding hydrogens is 520 g/mol. The van der Waals surface area contributed by atoms with Gasteiger partial charge in [0.05, 0.1) is 18.4 Å². The van der Waals surface area contributed by atoms with E-state index in [1.54, 1.807) is 29.3 Å². The molecule has 2 heterocycles. The summed E-state index contributed by atoms with van der Waals surface area (Å²) < 4.78 is 5.44. The Morgan fingerprint density at radius 1 is 1.13 bits per heavy atom. The highest BCUT2D eigenvalue weighted by Gasteiger charge is 2.39. The first kappa shape index (κ1) is 26.0. The van der Waals surface area contributed by atoms with Crippen molar-refractivity contribution in [2.75, 3.05) is 11.9 Å². The van der Waals surface area contributed by atoms with Crippen molar-refractivity contribution in [2.45, 2.75) is 38.0 Å². The maximum absolute atomic E-state index is 12.8. The second-order valence-corrected chi connectivity index (χ2v) is 10.7. The number of ether oxygens (including phenoxy) is 1. The number of nitrogens with one attached hydrogen (secondary N) is 1. The molecule has 5 rings (SSSR count). The Morgan fingerprint density at radius 3 is 2.61 bits per heavy atom. The van der Waals surface area contributed by atoms with Crippen molar-refractivity contribution in [3.8, 4) is 5.75 Å². The van der Waals surface area contributed by atoms with Crippen molar-refractivity contribution in [1.82, 2.24) is 5.01 Å². The number of anilines is 1. The standard InChI is InChI=1S/C29H27ClN4O3S/c1-3-37-23-13-11-22(12-14-23)31-27(35)17-26-28(36)32-29(38-26)34-25(20-5-4-6-21(30)15-20)16-24(33-34)19-9-7-18(2)8-10-19/h4-15,25-26H,3,16-17H2,1-2H3,(H,31,35)/t25-,26+/m1/s1. The number of rotatable bonds is 7. The fraction of sp³-hybridized carbons (Fsp3) is 0.241. The minimum atomic E-state index is -0.619. The van der Waals surface area contributed by atoms with E-state index in [-0.39, 0.29) is 24.3 Å². The number of carbonyl (C=O) groups is 2. The molecule has 38 heavy (non-hydrogen) atoms. The van der Waals surface area contributed by atoms with Gasteiger partial charge in [-0.2, -0.15) is 10.1 Å². The van der Waals surface area contributed by atoms with Crippen LogP contribution >= 0.6 is 23.4 Å². The monoisotopic (exact) mass is 546 g/mol. The third kappa shape index (κ3) is 5.92.